The van der Waals surface area contributed by atoms with Crippen LogP contribution in [0.3, 0.4) is 0 Å². The van der Waals surface area contributed by atoms with Crippen LogP contribution in [-0.2, 0) is 7.05 Å². The summed E-state index contributed by atoms with van der Waals surface area (Å²) in [5, 5.41) is 22.5. The molecule has 2 fully saturated rings. The number of aromatic nitrogens is 3. The molecular weight excluding hydrogens is 453 g/mol. The van der Waals surface area contributed by atoms with Crippen molar-refractivity contribution < 1.29 is 19.4 Å². The number of hydrogen-bond donors (Lipinski definition) is 3. The lowest BCUT2D eigenvalue weighted by Gasteiger charge is -2.24. The van der Waals surface area contributed by atoms with Crippen molar-refractivity contribution in [3.05, 3.63) is 56.8 Å². The van der Waals surface area contributed by atoms with Gasteiger partial charge in [0.2, 0.25) is 5.95 Å². The molecule has 3 unspecified atom stereocenters. The van der Waals surface area contributed by atoms with E-state index in [1.807, 2.05) is 4.90 Å². The number of halogens is 2. The van der Waals surface area contributed by atoms with E-state index >= 15 is 0 Å². The summed E-state index contributed by atoms with van der Waals surface area (Å²) in [6, 6.07) is 4.77. The summed E-state index contributed by atoms with van der Waals surface area (Å²) in [4.78, 5) is 35.2. The third-order valence-electron chi connectivity index (χ3n) is 6.49. The summed E-state index contributed by atoms with van der Waals surface area (Å²) in [5.41, 5.74) is 0.279. The monoisotopic (exact) mass is 473 g/mol. The van der Waals surface area contributed by atoms with Gasteiger partial charge in [-0.15, -0.1) is 0 Å². The number of hydrogen-bond acceptors (Lipinski definition) is 7. The lowest BCUT2D eigenvalue weighted by Crippen LogP contribution is -2.33. The van der Waals surface area contributed by atoms with Gasteiger partial charge in [-0.1, -0.05) is 11.6 Å². The lowest BCUT2D eigenvalue weighted by molar-refractivity contribution is 0.0691. The fourth-order valence-corrected chi connectivity index (χ4v) is 4.80. The molecule has 172 valence electrons. The third-order valence-corrected chi connectivity index (χ3v) is 6.70. The molecule has 3 heterocycles. The van der Waals surface area contributed by atoms with Crippen LogP contribution in [0, 0.1) is 17.7 Å². The molecule has 1 aliphatic heterocycles. The van der Waals surface area contributed by atoms with Gasteiger partial charge >= 0.3 is 5.97 Å². The average Bonchev–Trinajstić information content (AvgIpc) is 3.17. The maximum Gasteiger partial charge on any atom is 0.356 e. The number of nitrogens with zero attached hydrogens (tertiary/aromatic N) is 4. The summed E-state index contributed by atoms with van der Waals surface area (Å²) < 4.78 is 15.9. The number of piperidine rings is 1. The van der Waals surface area contributed by atoms with Crippen molar-refractivity contribution in [1.82, 2.24) is 14.5 Å². The standard InChI is InChI=1S/C22H21ClFN5O4/c1-9(25-15-3-4-16(23)26-18(15)21(32)33)11-5-10(24)6-12-17(11)27-22(28(2)20(12)31)29-7-13-14(8-29)19(13)30/h3-6,9,13-14,19,25,30H,7-8H2,1-2H3,(H,32,33). The van der Waals surface area contributed by atoms with E-state index in [1.165, 1.54) is 22.8 Å². The van der Waals surface area contributed by atoms with Crippen LogP contribution in [0.15, 0.2) is 29.1 Å². The van der Waals surface area contributed by atoms with Gasteiger partial charge in [-0.25, -0.2) is 19.2 Å². The predicted octanol–water partition coefficient (Wildman–Crippen LogP) is 2.42. The second-order valence-corrected chi connectivity index (χ2v) is 8.98. The van der Waals surface area contributed by atoms with E-state index in [0.717, 1.165) is 6.07 Å². The van der Waals surface area contributed by atoms with Crippen molar-refractivity contribution in [1.29, 1.82) is 0 Å². The Morgan fingerprint density at radius 2 is 1.97 bits per heavy atom. The second kappa shape index (κ2) is 7.67. The average molecular weight is 474 g/mol. The van der Waals surface area contributed by atoms with Gasteiger partial charge in [0, 0.05) is 37.5 Å². The van der Waals surface area contributed by atoms with Gasteiger partial charge in [0.1, 0.15) is 11.0 Å². The first kappa shape index (κ1) is 21.6. The van der Waals surface area contributed by atoms with Crippen LogP contribution in [0.1, 0.15) is 29.0 Å². The van der Waals surface area contributed by atoms with E-state index in [1.54, 1.807) is 14.0 Å². The maximum atomic E-state index is 14.5. The van der Waals surface area contributed by atoms with Crippen LogP contribution in [0.2, 0.25) is 5.15 Å². The predicted molar refractivity (Wildman–Crippen MR) is 120 cm³/mol. The minimum Gasteiger partial charge on any atom is -0.476 e. The molecule has 11 heteroatoms. The molecule has 1 aromatic carbocycles. The molecule has 1 saturated carbocycles. The molecule has 33 heavy (non-hydrogen) atoms. The molecule has 3 aromatic rings. The molecule has 5 rings (SSSR count). The Bertz CT molecular complexity index is 1350. The number of carbonyl (C=O) groups is 1. The zero-order valence-corrected chi connectivity index (χ0v) is 18.5. The van der Waals surface area contributed by atoms with Gasteiger partial charge in [0.05, 0.1) is 28.7 Å². The Hall–Kier alpha value is -3.24. The van der Waals surface area contributed by atoms with Gasteiger partial charge < -0.3 is 20.4 Å². The van der Waals surface area contributed by atoms with E-state index in [2.05, 4.69) is 10.3 Å². The maximum absolute atomic E-state index is 14.5. The van der Waals surface area contributed by atoms with E-state index in [0.29, 0.717) is 30.1 Å². The Morgan fingerprint density at radius 3 is 2.64 bits per heavy atom. The molecule has 3 atom stereocenters. The van der Waals surface area contributed by atoms with Crippen molar-refractivity contribution in [2.24, 2.45) is 18.9 Å². The summed E-state index contributed by atoms with van der Waals surface area (Å²) in [6.45, 7) is 2.91. The Labute approximate surface area is 192 Å². The zero-order valence-electron chi connectivity index (χ0n) is 17.8. The molecular formula is C22H21ClFN5O4. The van der Waals surface area contributed by atoms with Crippen molar-refractivity contribution in [3.8, 4) is 0 Å². The molecule has 1 aliphatic carbocycles. The van der Waals surface area contributed by atoms with Crippen LogP contribution in [-0.4, -0.2) is 49.9 Å². The lowest BCUT2D eigenvalue weighted by atomic mass is 10.0. The van der Waals surface area contributed by atoms with E-state index in [4.69, 9.17) is 16.6 Å². The molecule has 2 aliphatic rings. The van der Waals surface area contributed by atoms with Crippen molar-refractivity contribution in [2.75, 3.05) is 23.3 Å². The number of carboxylic acid groups (broad SMARTS) is 1. The summed E-state index contributed by atoms with van der Waals surface area (Å²) in [5.74, 6) is -1.06. The number of aliphatic hydroxyl groups is 1. The molecule has 0 radical (unpaired) electrons. The van der Waals surface area contributed by atoms with Gasteiger partial charge in [-0.3, -0.25) is 9.36 Å². The first-order valence-corrected chi connectivity index (χ1v) is 10.8. The van der Waals surface area contributed by atoms with E-state index < -0.39 is 17.8 Å². The molecule has 3 N–H and O–H groups in total. The van der Waals surface area contributed by atoms with Gasteiger partial charge in [-0.2, -0.15) is 0 Å². The second-order valence-electron chi connectivity index (χ2n) is 8.59. The first-order chi connectivity index (χ1) is 15.7. The number of aliphatic hydroxyl groups excluding tert-OH is 1. The zero-order chi connectivity index (χ0) is 23.6. The fourth-order valence-electron chi connectivity index (χ4n) is 4.65. The molecule has 9 nitrogen and oxygen atoms in total. The number of nitrogens with one attached hydrogen (secondary N) is 1. The smallest absolute Gasteiger partial charge is 0.356 e. The van der Waals surface area contributed by atoms with E-state index in [9.17, 15) is 24.2 Å². The van der Waals surface area contributed by atoms with Crippen LogP contribution in [0.25, 0.3) is 10.9 Å². The highest BCUT2D eigenvalue weighted by molar-refractivity contribution is 6.29. The van der Waals surface area contributed by atoms with Gasteiger partial charge in [0.15, 0.2) is 5.69 Å². The highest BCUT2D eigenvalue weighted by Gasteiger charge is 2.55. The van der Waals surface area contributed by atoms with Crippen LogP contribution in [0.4, 0.5) is 16.0 Å². The Morgan fingerprint density at radius 1 is 1.27 bits per heavy atom. The molecule has 0 amide bonds. The third kappa shape index (κ3) is 3.59. The highest BCUT2D eigenvalue weighted by Crippen LogP contribution is 2.46. The number of aromatic carboxylic acids is 1. The Balaban J connectivity index is 1.58. The molecule has 2 aromatic heterocycles. The minimum atomic E-state index is -1.26. The number of benzene rings is 1. The van der Waals surface area contributed by atoms with Crippen LogP contribution in [0.5, 0.6) is 0 Å². The highest BCUT2D eigenvalue weighted by atomic mass is 35.5. The van der Waals surface area contributed by atoms with Crippen LogP contribution >= 0.6 is 11.6 Å². The SMILES string of the molecule is CC(Nc1ccc(Cl)nc1C(=O)O)c1cc(F)cc2c(=O)n(C)c(N3CC4C(O)C4C3)nc12. The minimum absolute atomic E-state index is 0.0328. The number of pyridine rings is 1. The fraction of sp³-hybridized carbons (Fsp3) is 0.364. The number of rotatable bonds is 5. The first-order valence-electron chi connectivity index (χ1n) is 10.4. The molecule has 0 spiro atoms. The largest absolute Gasteiger partial charge is 0.476 e. The molecule has 1 saturated heterocycles. The number of carboxylic acids is 1. The van der Waals surface area contributed by atoms with Gasteiger partial charge in [-0.05, 0) is 31.2 Å². The number of fused-ring (bicyclic) bond motifs is 2. The van der Waals surface area contributed by atoms with Crippen molar-refractivity contribution >= 4 is 40.1 Å². The molecule has 0 bridgehead atoms. The quantitative estimate of drug-likeness (QED) is 0.483. The van der Waals surface area contributed by atoms with Gasteiger partial charge in [0.25, 0.3) is 5.56 Å². The topological polar surface area (TPSA) is 121 Å². The number of anilines is 2. The van der Waals surface area contributed by atoms with Crippen molar-refractivity contribution in [3.63, 3.8) is 0 Å². The normalized spacial score (nSPS) is 22.3. The summed E-state index contributed by atoms with van der Waals surface area (Å²) >= 11 is 5.83. The van der Waals surface area contributed by atoms with Crippen molar-refractivity contribution in [2.45, 2.75) is 19.1 Å². The Kier molecular flexibility index (Phi) is 5.02. The summed E-state index contributed by atoms with van der Waals surface area (Å²) in [7, 11) is 1.59. The summed E-state index contributed by atoms with van der Waals surface area (Å²) in [6.07, 6.45) is -0.302. The van der Waals surface area contributed by atoms with Crippen LogP contribution < -0.4 is 15.8 Å². The van der Waals surface area contributed by atoms with E-state index in [-0.39, 0.29) is 45.4 Å².